The number of aliphatic hydroxyl groups is 1. The van der Waals surface area contributed by atoms with Gasteiger partial charge in [-0.25, -0.2) is 9.36 Å². The van der Waals surface area contributed by atoms with Crippen LogP contribution in [0.15, 0.2) is 18.5 Å². The third-order valence-corrected chi connectivity index (χ3v) is 3.42. The summed E-state index contributed by atoms with van der Waals surface area (Å²) >= 11 is 8.23. The Morgan fingerprint density at radius 3 is 2.92 bits per heavy atom. The van der Waals surface area contributed by atoms with Crippen LogP contribution >= 0.6 is 34.5 Å². The summed E-state index contributed by atoms with van der Waals surface area (Å²) in [4.78, 5) is 4.77. The van der Waals surface area contributed by atoms with E-state index < -0.39 is 6.10 Å². The Labute approximate surface area is 87.8 Å². The van der Waals surface area contributed by atoms with E-state index in [2.05, 4.69) is 9.36 Å². The Morgan fingerprint density at radius 2 is 2.38 bits per heavy atom. The first kappa shape index (κ1) is 9.08. The minimum Gasteiger partial charge on any atom is -0.380 e. The summed E-state index contributed by atoms with van der Waals surface area (Å²) in [7, 11) is 0. The van der Waals surface area contributed by atoms with Crippen LogP contribution < -0.4 is 0 Å². The molecule has 1 N–H and O–H groups in total. The minimum atomic E-state index is -0.690. The van der Waals surface area contributed by atoms with Gasteiger partial charge in [0.25, 0.3) is 0 Å². The molecular weight excluding hydrogens is 228 g/mol. The van der Waals surface area contributed by atoms with E-state index in [1.54, 1.807) is 12.3 Å². The topological polar surface area (TPSA) is 46.0 Å². The van der Waals surface area contributed by atoms with Crippen molar-refractivity contribution in [2.24, 2.45) is 0 Å². The van der Waals surface area contributed by atoms with Crippen molar-refractivity contribution in [1.29, 1.82) is 0 Å². The molecule has 0 radical (unpaired) electrons. The van der Waals surface area contributed by atoms with Gasteiger partial charge in [0.05, 0.1) is 11.1 Å². The van der Waals surface area contributed by atoms with Crippen molar-refractivity contribution >= 4 is 34.5 Å². The Morgan fingerprint density at radius 1 is 1.54 bits per heavy atom. The molecule has 3 nitrogen and oxygen atoms in total. The quantitative estimate of drug-likeness (QED) is 0.865. The summed E-state index contributed by atoms with van der Waals surface area (Å²) in [6.07, 6.45) is 2.49. The highest BCUT2D eigenvalue weighted by molar-refractivity contribution is 7.16. The molecule has 0 fully saturated rings. The maximum Gasteiger partial charge on any atom is 0.141 e. The van der Waals surface area contributed by atoms with E-state index in [9.17, 15) is 5.11 Å². The molecule has 1 atom stereocenters. The number of aliphatic hydroxyl groups excluding tert-OH is 1. The standard InChI is InChI=1S/C7H5ClN2OS2/c8-5-3-9-7(12-5)6(11)4-1-2-10-13-4/h1-3,6,11H. The Bertz CT molecular complexity index is 387. The fourth-order valence-corrected chi connectivity index (χ4v) is 2.47. The van der Waals surface area contributed by atoms with Crippen LogP contribution in [-0.2, 0) is 0 Å². The molecule has 0 spiro atoms. The van der Waals surface area contributed by atoms with Gasteiger partial charge in [-0.2, -0.15) is 0 Å². The number of aromatic nitrogens is 2. The van der Waals surface area contributed by atoms with Crippen LogP contribution in [0.5, 0.6) is 0 Å². The van der Waals surface area contributed by atoms with Crippen molar-refractivity contribution in [1.82, 2.24) is 9.36 Å². The molecule has 2 heterocycles. The van der Waals surface area contributed by atoms with E-state index in [0.29, 0.717) is 9.34 Å². The zero-order chi connectivity index (χ0) is 9.26. The highest BCUT2D eigenvalue weighted by Crippen LogP contribution is 2.29. The number of nitrogens with zero attached hydrogens (tertiary/aromatic N) is 2. The smallest absolute Gasteiger partial charge is 0.141 e. The van der Waals surface area contributed by atoms with Gasteiger partial charge in [0.1, 0.15) is 15.4 Å². The molecule has 6 heteroatoms. The summed E-state index contributed by atoms with van der Waals surface area (Å²) in [5, 5.41) is 10.4. The fraction of sp³-hybridized carbons (Fsp3) is 0.143. The van der Waals surface area contributed by atoms with Crippen molar-refractivity contribution in [3.63, 3.8) is 0 Å². The highest BCUT2D eigenvalue weighted by Gasteiger charge is 2.15. The average Bonchev–Trinajstić information content (AvgIpc) is 2.72. The summed E-state index contributed by atoms with van der Waals surface area (Å²) < 4.78 is 4.48. The normalized spacial score (nSPS) is 13.1. The number of hydrogen-bond donors (Lipinski definition) is 1. The maximum absolute atomic E-state index is 9.75. The first-order valence-corrected chi connectivity index (χ1v) is 5.44. The fourth-order valence-electron chi connectivity index (χ4n) is 0.882. The second-order valence-corrected chi connectivity index (χ2v) is 4.88. The Balaban J connectivity index is 2.28. The van der Waals surface area contributed by atoms with Gasteiger partial charge in [-0.3, -0.25) is 0 Å². The molecule has 0 aromatic carbocycles. The van der Waals surface area contributed by atoms with E-state index in [-0.39, 0.29) is 0 Å². The van der Waals surface area contributed by atoms with Gasteiger partial charge in [-0.05, 0) is 17.6 Å². The lowest BCUT2D eigenvalue weighted by Crippen LogP contribution is -1.94. The first-order chi connectivity index (χ1) is 6.27. The molecule has 2 aromatic rings. The van der Waals surface area contributed by atoms with Crippen LogP contribution in [0.1, 0.15) is 16.0 Å². The number of hydrogen-bond acceptors (Lipinski definition) is 5. The second kappa shape index (κ2) is 3.71. The van der Waals surface area contributed by atoms with Crippen molar-refractivity contribution in [3.8, 4) is 0 Å². The van der Waals surface area contributed by atoms with Crippen molar-refractivity contribution < 1.29 is 5.11 Å². The van der Waals surface area contributed by atoms with Crippen molar-refractivity contribution in [2.75, 3.05) is 0 Å². The number of rotatable bonds is 2. The van der Waals surface area contributed by atoms with Crippen LogP contribution in [0.2, 0.25) is 4.34 Å². The largest absolute Gasteiger partial charge is 0.380 e. The SMILES string of the molecule is OC(c1ccns1)c1ncc(Cl)s1. The Hall–Kier alpha value is -0.490. The van der Waals surface area contributed by atoms with Crippen LogP contribution in [0.3, 0.4) is 0 Å². The zero-order valence-corrected chi connectivity index (χ0v) is 8.73. The lowest BCUT2D eigenvalue weighted by Gasteiger charge is -2.01. The maximum atomic E-state index is 9.75. The highest BCUT2D eigenvalue weighted by atomic mass is 35.5. The van der Waals surface area contributed by atoms with E-state index in [1.807, 2.05) is 0 Å². The summed E-state index contributed by atoms with van der Waals surface area (Å²) in [5.41, 5.74) is 0. The first-order valence-electron chi connectivity index (χ1n) is 3.47. The molecule has 0 aliphatic carbocycles. The molecule has 13 heavy (non-hydrogen) atoms. The van der Waals surface area contributed by atoms with Crippen LogP contribution in [0, 0.1) is 0 Å². The molecule has 0 saturated heterocycles. The minimum absolute atomic E-state index is 0.582. The van der Waals surface area contributed by atoms with Gasteiger partial charge in [0, 0.05) is 6.20 Å². The molecular formula is C7H5ClN2OS2. The molecule has 0 saturated carbocycles. The van der Waals surface area contributed by atoms with Crippen molar-refractivity contribution in [3.05, 3.63) is 32.7 Å². The zero-order valence-electron chi connectivity index (χ0n) is 6.35. The summed E-state index contributed by atoms with van der Waals surface area (Å²) in [5.74, 6) is 0. The third kappa shape index (κ3) is 1.88. The van der Waals surface area contributed by atoms with Gasteiger partial charge in [0.15, 0.2) is 0 Å². The van der Waals surface area contributed by atoms with Gasteiger partial charge < -0.3 is 5.11 Å². The lowest BCUT2D eigenvalue weighted by molar-refractivity contribution is 0.223. The van der Waals surface area contributed by atoms with Crippen molar-refractivity contribution in [2.45, 2.75) is 6.10 Å². The number of thiazole rings is 1. The average molecular weight is 233 g/mol. The van der Waals surface area contributed by atoms with Crippen LogP contribution in [0.25, 0.3) is 0 Å². The van der Waals surface area contributed by atoms with Gasteiger partial charge in [0.2, 0.25) is 0 Å². The van der Waals surface area contributed by atoms with Gasteiger partial charge in [-0.15, -0.1) is 11.3 Å². The molecule has 2 aromatic heterocycles. The molecule has 0 bridgehead atoms. The van der Waals surface area contributed by atoms with E-state index in [1.165, 1.54) is 29.1 Å². The van der Waals surface area contributed by atoms with Gasteiger partial charge in [-0.1, -0.05) is 11.6 Å². The van der Waals surface area contributed by atoms with E-state index >= 15 is 0 Å². The van der Waals surface area contributed by atoms with Crippen LogP contribution in [-0.4, -0.2) is 14.5 Å². The van der Waals surface area contributed by atoms with E-state index in [4.69, 9.17) is 11.6 Å². The molecule has 0 amide bonds. The molecule has 0 aliphatic rings. The van der Waals surface area contributed by atoms with E-state index in [0.717, 1.165) is 4.88 Å². The summed E-state index contributed by atoms with van der Waals surface area (Å²) in [6, 6.07) is 1.77. The van der Waals surface area contributed by atoms with Crippen LogP contribution in [0.4, 0.5) is 0 Å². The van der Waals surface area contributed by atoms with Gasteiger partial charge >= 0.3 is 0 Å². The summed E-state index contributed by atoms with van der Waals surface area (Å²) in [6.45, 7) is 0. The molecule has 2 rings (SSSR count). The predicted molar refractivity (Wildman–Crippen MR) is 53.3 cm³/mol. The molecule has 68 valence electrons. The molecule has 0 aliphatic heterocycles. The third-order valence-electron chi connectivity index (χ3n) is 1.46. The lowest BCUT2D eigenvalue weighted by atomic mass is 10.3. The second-order valence-electron chi connectivity index (χ2n) is 2.32. The molecule has 1 unspecified atom stereocenters. The Kier molecular flexibility index (Phi) is 2.59. The predicted octanol–water partition coefficient (Wildman–Crippen LogP) is 2.33. The number of halogens is 1. The monoisotopic (exact) mass is 232 g/mol.